The van der Waals surface area contributed by atoms with Crippen LogP contribution in [0, 0.1) is 0 Å². The normalized spacial score (nSPS) is 10.6. The zero-order valence-electron chi connectivity index (χ0n) is 12.0. The number of methoxy groups -OCH3 is 1. The summed E-state index contributed by atoms with van der Waals surface area (Å²) in [6.45, 7) is 2.03. The smallest absolute Gasteiger partial charge is 0.337 e. The number of hydrogen-bond acceptors (Lipinski definition) is 3. The molecule has 6 heteroatoms. The van der Waals surface area contributed by atoms with Crippen LogP contribution in [0.25, 0.3) is 10.9 Å². The maximum absolute atomic E-state index is 11.8. The van der Waals surface area contributed by atoms with Gasteiger partial charge in [0, 0.05) is 23.9 Å². The van der Waals surface area contributed by atoms with Gasteiger partial charge in [-0.15, -0.1) is 11.6 Å². The number of alkyl halides is 1. The maximum atomic E-state index is 11.8. The molecule has 2 aromatic rings. The molecule has 0 aliphatic carbocycles. The fourth-order valence-electron chi connectivity index (χ4n) is 2.21. The van der Waals surface area contributed by atoms with Gasteiger partial charge in [0.25, 0.3) is 0 Å². The van der Waals surface area contributed by atoms with Crippen LogP contribution in [0.5, 0.6) is 0 Å². The van der Waals surface area contributed by atoms with E-state index in [4.69, 9.17) is 16.3 Å². The Kier molecular flexibility index (Phi) is 4.85. The molecular formula is C15H17ClN2O3. The van der Waals surface area contributed by atoms with Crippen molar-refractivity contribution in [2.45, 2.75) is 19.8 Å². The van der Waals surface area contributed by atoms with Crippen molar-refractivity contribution in [3.8, 4) is 0 Å². The van der Waals surface area contributed by atoms with Crippen molar-refractivity contribution in [1.29, 1.82) is 0 Å². The van der Waals surface area contributed by atoms with Crippen molar-refractivity contribution < 1.29 is 14.3 Å². The second kappa shape index (κ2) is 6.63. The molecule has 0 spiro atoms. The van der Waals surface area contributed by atoms with Gasteiger partial charge in [-0.3, -0.25) is 4.79 Å². The number of benzene rings is 1. The summed E-state index contributed by atoms with van der Waals surface area (Å²) in [5.74, 6) is -0.384. The van der Waals surface area contributed by atoms with Gasteiger partial charge in [-0.25, -0.2) is 4.79 Å². The number of carbonyl (C=O) groups is 2. The molecule has 0 saturated heterocycles. The van der Waals surface area contributed by atoms with Crippen LogP contribution >= 0.6 is 11.6 Å². The van der Waals surface area contributed by atoms with Crippen LogP contribution in [0.2, 0.25) is 0 Å². The van der Waals surface area contributed by atoms with Crippen molar-refractivity contribution in [1.82, 2.24) is 4.98 Å². The lowest BCUT2D eigenvalue weighted by molar-refractivity contribution is -0.115. The second-order valence-corrected chi connectivity index (χ2v) is 4.97. The Morgan fingerprint density at radius 3 is 2.76 bits per heavy atom. The quantitative estimate of drug-likeness (QED) is 0.658. The number of rotatable bonds is 5. The van der Waals surface area contributed by atoms with E-state index in [9.17, 15) is 9.59 Å². The first kappa shape index (κ1) is 15.4. The van der Waals surface area contributed by atoms with Gasteiger partial charge in [-0.1, -0.05) is 6.92 Å². The molecule has 1 amide bonds. The van der Waals surface area contributed by atoms with Gasteiger partial charge in [0.1, 0.15) is 0 Å². The number of aromatic amines is 1. The van der Waals surface area contributed by atoms with Crippen molar-refractivity contribution in [3.05, 3.63) is 29.5 Å². The molecule has 1 aromatic carbocycles. The van der Waals surface area contributed by atoms with E-state index in [-0.39, 0.29) is 18.2 Å². The minimum atomic E-state index is -0.437. The highest BCUT2D eigenvalue weighted by Gasteiger charge is 2.15. The first-order valence-electron chi connectivity index (χ1n) is 6.68. The number of ether oxygens (including phenoxy) is 1. The van der Waals surface area contributed by atoms with E-state index in [2.05, 4.69) is 10.3 Å². The van der Waals surface area contributed by atoms with E-state index >= 15 is 0 Å². The third-order valence-electron chi connectivity index (χ3n) is 3.27. The molecule has 0 unspecified atom stereocenters. The average Bonchev–Trinajstić information content (AvgIpc) is 2.89. The lowest BCUT2D eigenvalue weighted by atomic mass is 10.1. The highest BCUT2D eigenvalue weighted by Crippen LogP contribution is 2.28. The topological polar surface area (TPSA) is 71.2 Å². The molecule has 0 fully saturated rings. The van der Waals surface area contributed by atoms with E-state index in [1.54, 1.807) is 12.1 Å². The zero-order chi connectivity index (χ0) is 15.4. The zero-order valence-corrected chi connectivity index (χ0v) is 12.7. The van der Waals surface area contributed by atoms with Crippen LogP contribution in [-0.2, 0) is 16.0 Å². The molecular weight excluding hydrogens is 292 g/mol. The number of nitrogens with one attached hydrogen (secondary N) is 2. The molecule has 112 valence electrons. The van der Waals surface area contributed by atoms with Crippen molar-refractivity contribution in [3.63, 3.8) is 0 Å². The molecule has 2 rings (SSSR count). The van der Waals surface area contributed by atoms with Crippen LogP contribution in [0.3, 0.4) is 0 Å². The SMILES string of the molecule is CCc1c[nH]c2c(NC(=O)CCCl)cc(C(=O)OC)cc12. The molecule has 0 aliphatic rings. The number of aryl methyl sites for hydroxylation is 1. The number of esters is 1. The third kappa shape index (κ3) is 3.19. The highest BCUT2D eigenvalue weighted by atomic mass is 35.5. The summed E-state index contributed by atoms with van der Waals surface area (Å²) in [5.41, 5.74) is 2.83. The predicted octanol–water partition coefficient (Wildman–Crippen LogP) is 3.08. The molecule has 21 heavy (non-hydrogen) atoms. The summed E-state index contributed by atoms with van der Waals surface area (Å²) in [7, 11) is 1.33. The summed E-state index contributed by atoms with van der Waals surface area (Å²) < 4.78 is 4.76. The fourth-order valence-corrected chi connectivity index (χ4v) is 2.38. The van der Waals surface area contributed by atoms with Gasteiger partial charge in [0.05, 0.1) is 23.9 Å². The summed E-state index contributed by atoms with van der Waals surface area (Å²) in [5, 5.41) is 3.68. The molecule has 0 atom stereocenters. The van der Waals surface area contributed by atoms with Crippen molar-refractivity contribution in [2.24, 2.45) is 0 Å². The fraction of sp³-hybridized carbons (Fsp3) is 0.333. The first-order valence-corrected chi connectivity index (χ1v) is 7.22. The van der Waals surface area contributed by atoms with E-state index in [1.807, 2.05) is 13.1 Å². The lowest BCUT2D eigenvalue weighted by Gasteiger charge is -2.09. The highest BCUT2D eigenvalue weighted by molar-refractivity contribution is 6.19. The number of fused-ring (bicyclic) bond motifs is 1. The van der Waals surface area contributed by atoms with E-state index in [0.717, 1.165) is 22.9 Å². The largest absolute Gasteiger partial charge is 0.465 e. The molecule has 0 saturated carbocycles. The van der Waals surface area contributed by atoms with Crippen LogP contribution in [0.15, 0.2) is 18.3 Å². The molecule has 1 heterocycles. The molecule has 0 aliphatic heterocycles. The molecule has 0 bridgehead atoms. The summed E-state index contributed by atoms with van der Waals surface area (Å²) in [6, 6.07) is 3.38. The van der Waals surface area contributed by atoms with Gasteiger partial charge >= 0.3 is 5.97 Å². The molecule has 2 N–H and O–H groups in total. The Bertz CT molecular complexity index is 679. The number of anilines is 1. The summed E-state index contributed by atoms with van der Waals surface area (Å²) >= 11 is 5.57. The maximum Gasteiger partial charge on any atom is 0.337 e. The van der Waals surface area contributed by atoms with Crippen LogP contribution in [0.1, 0.15) is 29.3 Å². The summed E-state index contributed by atoms with van der Waals surface area (Å²) in [4.78, 5) is 26.7. The van der Waals surface area contributed by atoms with Crippen LogP contribution in [-0.4, -0.2) is 29.9 Å². The van der Waals surface area contributed by atoms with Gasteiger partial charge in [-0.05, 0) is 24.1 Å². The Hall–Kier alpha value is -2.01. The van der Waals surface area contributed by atoms with Crippen LogP contribution < -0.4 is 5.32 Å². The Balaban J connectivity index is 2.53. The van der Waals surface area contributed by atoms with Gasteiger partial charge < -0.3 is 15.0 Å². The van der Waals surface area contributed by atoms with E-state index in [1.165, 1.54) is 7.11 Å². The predicted molar refractivity (Wildman–Crippen MR) is 83.0 cm³/mol. The number of carbonyl (C=O) groups excluding carboxylic acids is 2. The Morgan fingerprint density at radius 1 is 1.38 bits per heavy atom. The van der Waals surface area contributed by atoms with Gasteiger partial charge in [0.15, 0.2) is 0 Å². The van der Waals surface area contributed by atoms with Crippen molar-refractivity contribution >= 4 is 40.1 Å². The number of aromatic nitrogens is 1. The number of amides is 1. The third-order valence-corrected chi connectivity index (χ3v) is 3.46. The Morgan fingerprint density at radius 2 is 2.14 bits per heavy atom. The second-order valence-electron chi connectivity index (χ2n) is 4.59. The van der Waals surface area contributed by atoms with Gasteiger partial charge in [0.2, 0.25) is 5.91 Å². The molecule has 1 aromatic heterocycles. The van der Waals surface area contributed by atoms with Crippen molar-refractivity contribution in [2.75, 3.05) is 18.3 Å². The van der Waals surface area contributed by atoms with Gasteiger partial charge in [-0.2, -0.15) is 0 Å². The van der Waals surface area contributed by atoms with E-state index < -0.39 is 5.97 Å². The average molecular weight is 309 g/mol. The minimum Gasteiger partial charge on any atom is -0.465 e. The summed E-state index contributed by atoms with van der Waals surface area (Å²) in [6.07, 6.45) is 2.91. The molecule has 5 nitrogen and oxygen atoms in total. The minimum absolute atomic E-state index is 0.194. The number of hydrogen-bond donors (Lipinski definition) is 2. The Labute approximate surface area is 127 Å². The lowest BCUT2D eigenvalue weighted by Crippen LogP contribution is -2.13. The first-order chi connectivity index (χ1) is 10.1. The standard InChI is InChI=1S/C15H17ClN2O3/c1-3-9-8-17-14-11(9)6-10(15(20)21-2)7-12(14)18-13(19)4-5-16/h6-8,17H,3-5H2,1-2H3,(H,18,19). The molecule has 0 radical (unpaired) electrons. The van der Waals surface area contributed by atoms with E-state index in [0.29, 0.717) is 11.3 Å². The van der Waals surface area contributed by atoms with Crippen LogP contribution in [0.4, 0.5) is 5.69 Å². The number of halogens is 1. The number of H-pyrrole nitrogens is 1. The monoisotopic (exact) mass is 308 g/mol.